The van der Waals surface area contributed by atoms with E-state index in [2.05, 4.69) is 6.58 Å². The summed E-state index contributed by atoms with van der Waals surface area (Å²) in [6.45, 7) is 6.96. The lowest BCUT2D eigenvalue weighted by atomic mass is 9.94. The molecule has 0 amide bonds. The molecule has 0 aromatic rings. The molecule has 1 atom stereocenters. The number of hydrogen-bond donors (Lipinski definition) is 1. The average molecular weight is 184 g/mol. The lowest BCUT2D eigenvalue weighted by Crippen LogP contribution is -2.24. The van der Waals surface area contributed by atoms with Gasteiger partial charge in [-0.15, -0.1) is 0 Å². The van der Waals surface area contributed by atoms with E-state index in [1.165, 1.54) is 0 Å². The number of carbonyl (C=O) groups is 2. The summed E-state index contributed by atoms with van der Waals surface area (Å²) in [5.41, 5.74) is 0.323. The lowest BCUT2D eigenvalue weighted by Gasteiger charge is -2.09. The lowest BCUT2D eigenvalue weighted by molar-refractivity contribution is -0.145. The Hall–Kier alpha value is -1.12. The van der Waals surface area contributed by atoms with Crippen LogP contribution in [0.15, 0.2) is 12.2 Å². The molecule has 0 rings (SSSR count). The second kappa shape index (κ2) is 5.51. The molecule has 0 aliphatic heterocycles. The summed E-state index contributed by atoms with van der Waals surface area (Å²) in [5, 5.41) is 8.76. The van der Waals surface area contributed by atoms with Crippen molar-refractivity contribution >= 4 is 11.8 Å². The van der Waals surface area contributed by atoms with Crippen LogP contribution in [0, 0.1) is 5.92 Å². The molecule has 0 aliphatic rings. The van der Waals surface area contributed by atoms with E-state index in [-0.39, 0.29) is 5.78 Å². The zero-order valence-corrected chi connectivity index (χ0v) is 8.17. The summed E-state index contributed by atoms with van der Waals surface area (Å²) in [7, 11) is 0. The summed E-state index contributed by atoms with van der Waals surface area (Å²) in [5.74, 6) is -2.28. The third kappa shape index (κ3) is 3.87. The van der Waals surface area contributed by atoms with Gasteiger partial charge < -0.3 is 5.11 Å². The van der Waals surface area contributed by atoms with Crippen molar-refractivity contribution in [2.75, 3.05) is 0 Å². The Morgan fingerprint density at radius 1 is 1.46 bits per heavy atom. The first kappa shape index (κ1) is 11.9. The van der Waals surface area contributed by atoms with Gasteiger partial charge in [0.25, 0.3) is 0 Å². The highest BCUT2D eigenvalue weighted by Crippen LogP contribution is 2.13. The second-order valence-electron chi connectivity index (χ2n) is 3.18. The van der Waals surface area contributed by atoms with E-state index in [0.717, 1.165) is 12.8 Å². The van der Waals surface area contributed by atoms with E-state index < -0.39 is 11.9 Å². The Labute approximate surface area is 78.5 Å². The van der Waals surface area contributed by atoms with Gasteiger partial charge in [0.1, 0.15) is 5.92 Å². The Morgan fingerprint density at radius 3 is 2.31 bits per heavy atom. The first-order valence-corrected chi connectivity index (χ1v) is 4.43. The van der Waals surface area contributed by atoms with Gasteiger partial charge in [-0.1, -0.05) is 26.3 Å². The van der Waals surface area contributed by atoms with Crippen LogP contribution in [-0.4, -0.2) is 16.9 Å². The maximum atomic E-state index is 11.3. The van der Waals surface area contributed by atoms with Crippen molar-refractivity contribution in [1.29, 1.82) is 0 Å². The van der Waals surface area contributed by atoms with Crippen LogP contribution < -0.4 is 0 Å². The largest absolute Gasteiger partial charge is 0.481 e. The molecule has 0 aromatic heterocycles. The third-order valence-electron chi connectivity index (χ3n) is 1.88. The van der Waals surface area contributed by atoms with Crippen LogP contribution in [0.3, 0.4) is 0 Å². The van der Waals surface area contributed by atoms with Crippen molar-refractivity contribution in [2.24, 2.45) is 5.92 Å². The molecule has 0 saturated carbocycles. The van der Waals surface area contributed by atoms with Gasteiger partial charge in [0.2, 0.25) is 0 Å². The minimum atomic E-state index is -1.04. The van der Waals surface area contributed by atoms with Crippen molar-refractivity contribution < 1.29 is 14.7 Å². The van der Waals surface area contributed by atoms with Crippen LogP contribution in [0.4, 0.5) is 0 Å². The molecule has 1 unspecified atom stereocenters. The van der Waals surface area contributed by atoms with Gasteiger partial charge in [-0.05, 0) is 18.9 Å². The van der Waals surface area contributed by atoms with Gasteiger partial charge >= 0.3 is 5.97 Å². The van der Waals surface area contributed by atoms with Crippen LogP contribution in [-0.2, 0) is 9.59 Å². The van der Waals surface area contributed by atoms with Crippen LogP contribution >= 0.6 is 0 Å². The number of ketones is 1. The maximum Gasteiger partial charge on any atom is 0.314 e. The molecule has 0 heterocycles. The molecule has 0 aliphatic carbocycles. The molecule has 1 N–H and O–H groups in total. The highest BCUT2D eigenvalue weighted by atomic mass is 16.4. The predicted molar refractivity (Wildman–Crippen MR) is 50.5 cm³/mol. The monoisotopic (exact) mass is 184 g/mol. The standard InChI is InChI=1S/C10H16O3/c1-4-5-6-8(10(12)13)9(11)7(2)3/h8H,2,4-6H2,1,3H3,(H,12,13). The summed E-state index contributed by atoms with van der Waals surface area (Å²) >= 11 is 0. The fourth-order valence-electron chi connectivity index (χ4n) is 1.07. The smallest absolute Gasteiger partial charge is 0.314 e. The van der Waals surface area contributed by atoms with Gasteiger partial charge in [-0.3, -0.25) is 9.59 Å². The number of aliphatic carboxylic acids is 1. The summed E-state index contributed by atoms with van der Waals surface area (Å²) in [6.07, 6.45) is 2.07. The molecule has 0 aromatic carbocycles. The Kier molecular flexibility index (Phi) is 5.04. The number of rotatable bonds is 6. The highest BCUT2D eigenvalue weighted by Gasteiger charge is 2.25. The fraction of sp³-hybridized carbons (Fsp3) is 0.600. The van der Waals surface area contributed by atoms with Crippen molar-refractivity contribution in [3.63, 3.8) is 0 Å². The molecule has 13 heavy (non-hydrogen) atoms. The molecule has 0 bridgehead atoms. The Morgan fingerprint density at radius 2 is 2.00 bits per heavy atom. The van der Waals surface area contributed by atoms with E-state index in [1.54, 1.807) is 6.92 Å². The molecular formula is C10H16O3. The Bertz CT molecular complexity index is 218. The number of carbonyl (C=O) groups excluding carboxylic acids is 1. The molecule has 0 spiro atoms. The van der Waals surface area contributed by atoms with E-state index in [9.17, 15) is 9.59 Å². The summed E-state index contributed by atoms with van der Waals surface area (Å²) < 4.78 is 0. The van der Waals surface area contributed by atoms with Gasteiger partial charge in [-0.2, -0.15) is 0 Å². The SMILES string of the molecule is C=C(C)C(=O)C(CCCC)C(=O)O. The van der Waals surface area contributed by atoms with Crippen molar-refractivity contribution in [3.8, 4) is 0 Å². The van der Waals surface area contributed by atoms with Gasteiger partial charge in [0, 0.05) is 0 Å². The number of unbranched alkanes of at least 4 members (excludes halogenated alkanes) is 1. The van der Waals surface area contributed by atoms with Crippen molar-refractivity contribution in [2.45, 2.75) is 33.1 Å². The minimum absolute atomic E-state index is 0.323. The first-order valence-electron chi connectivity index (χ1n) is 4.43. The number of carboxylic acid groups (broad SMARTS) is 1. The van der Waals surface area contributed by atoms with Crippen LogP contribution in [0.2, 0.25) is 0 Å². The maximum absolute atomic E-state index is 11.3. The average Bonchev–Trinajstić information content (AvgIpc) is 2.04. The zero-order chi connectivity index (χ0) is 10.4. The summed E-state index contributed by atoms with van der Waals surface area (Å²) in [4.78, 5) is 22.0. The second-order valence-corrected chi connectivity index (χ2v) is 3.18. The predicted octanol–water partition coefficient (Wildman–Crippen LogP) is 2.02. The first-order chi connectivity index (χ1) is 6.00. The molecule has 0 fully saturated rings. The van der Waals surface area contributed by atoms with Crippen molar-refractivity contribution in [1.82, 2.24) is 0 Å². The number of allylic oxidation sites excluding steroid dienone is 1. The minimum Gasteiger partial charge on any atom is -0.481 e. The zero-order valence-electron chi connectivity index (χ0n) is 8.17. The van der Waals surface area contributed by atoms with Gasteiger partial charge in [0.15, 0.2) is 5.78 Å². The normalized spacial score (nSPS) is 12.2. The van der Waals surface area contributed by atoms with Crippen LogP contribution in [0.5, 0.6) is 0 Å². The van der Waals surface area contributed by atoms with E-state index in [0.29, 0.717) is 12.0 Å². The van der Waals surface area contributed by atoms with Crippen molar-refractivity contribution in [3.05, 3.63) is 12.2 Å². The topological polar surface area (TPSA) is 54.4 Å². The van der Waals surface area contributed by atoms with Gasteiger partial charge in [0.05, 0.1) is 0 Å². The highest BCUT2D eigenvalue weighted by molar-refractivity contribution is 6.07. The number of Topliss-reactive ketones (excluding diaryl/α,β-unsaturated/α-hetero) is 1. The number of hydrogen-bond acceptors (Lipinski definition) is 2. The van der Waals surface area contributed by atoms with Crippen LogP contribution in [0.25, 0.3) is 0 Å². The quantitative estimate of drug-likeness (QED) is 0.507. The van der Waals surface area contributed by atoms with E-state index in [1.807, 2.05) is 6.92 Å². The molecule has 3 heteroatoms. The Balaban J connectivity index is 4.33. The van der Waals surface area contributed by atoms with E-state index in [4.69, 9.17) is 5.11 Å². The van der Waals surface area contributed by atoms with E-state index >= 15 is 0 Å². The fourth-order valence-corrected chi connectivity index (χ4v) is 1.07. The molecule has 74 valence electrons. The molecular weight excluding hydrogens is 168 g/mol. The third-order valence-corrected chi connectivity index (χ3v) is 1.88. The number of carboxylic acids is 1. The summed E-state index contributed by atoms with van der Waals surface area (Å²) in [6, 6.07) is 0. The van der Waals surface area contributed by atoms with Crippen LogP contribution in [0.1, 0.15) is 33.1 Å². The molecule has 0 saturated heterocycles. The van der Waals surface area contributed by atoms with Gasteiger partial charge in [-0.25, -0.2) is 0 Å². The molecule has 3 nitrogen and oxygen atoms in total. The molecule has 0 radical (unpaired) electrons.